The largest absolute Gasteiger partial charge is 0.346 e. The fraction of sp³-hybridized carbons (Fsp3) is 0.0588. The molecule has 0 saturated carbocycles. The van der Waals surface area contributed by atoms with Crippen LogP contribution in [0.5, 0.6) is 0 Å². The molecule has 3 heterocycles. The lowest BCUT2D eigenvalue weighted by atomic mass is 10.0. The van der Waals surface area contributed by atoms with Crippen LogP contribution in [0.2, 0.25) is 0 Å². The van der Waals surface area contributed by atoms with Crippen molar-refractivity contribution in [2.24, 2.45) is 5.73 Å². The summed E-state index contributed by atoms with van der Waals surface area (Å²) < 4.78 is 0. The van der Waals surface area contributed by atoms with E-state index in [0.717, 1.165) is 33.4 Å². The Morgan fingerprint density at radius 2 is 2.18 bits per heavy atom. The molecule has 0 spiro atoms. The number of hydrogen-bond acceptors (Lipinski definition) is 3. The predicted molar refractivity (Wildman–Crippen MR) is 86.9 cm³/mol. The molecule has 4 rings (SSSR count). The number of pyridine rings is 1. The normalized spacial score (nSPS) is 15.3. The van der Waals surface area contributed by atoms with Gasteiger partial charge in [-0.3, -0.25) is 4.79 Å². The summed E-state index contributed by atoms with van der Waals surface area (Å²) in [6, 6.07) is 9.65. The Kier molecular flexibility index (Phi) is 2.80. The molecule has 0 bridgehead atoms. The van der Waals surface area contributed by atoms with Crippen LogP contribution in [0, 0.1) is 0 Å². The minimum absolute atomic E-state index is 0.0950. The van der Waals surface area contributed by atoms with Crippen molar-refractivity contribution in [2.75, 3.05) is 5.32 Å². The van der Waals surface area contributed by atoms with E-state index < -0.39 is 0 Å². The van der Waals surface area contributed by atoms with Crippen molar-refractivity contribution in [3.63, 3.8) is 0 Å². The first kappa shape index (κ1) is 12.8. The van der Waals surface area contributed by atoms with Gasteiger partial charge in [0.05, 0.1) is 0 Å². The number of carbonyl (C=O) groups excluding carboxylic acids is 1. The molecule has 1 aliphatic heterocycles. The van der Waals surface area contributed by atoms with Crippen molar-refractivity contribution >= 4 is 34.3 Å². The first-order valence-electron chi connectivity index (χ1n) is 7.05. The second-order valence-corrected chi connectivity index (χ2v) is 5.24. The summed E-state index contributed by atoms with van der Waals surface area (Å²) >= 11 is 0. The van der Waals surface area contributed by atoms with Crippen LogP contribution >= 0.6 is 0 Å². The molecule has 1 aromatic carbocycles. The van der Waals surface area contributed by atoms with Crippen LogP contribution in [0.25, 0.3) is 22.7 Å². The van der Waals surface area contributed by atoms with Crippen molar-refractivity contribution in [2.45, 2.75) is 6.54 Å². The zero-order chi connectivity index (χ0) is 15.1. The van der Waals surface area contributed by atoms with Gasteiger partial charge in [-0.1, -0.05) is 6.07 Å². The van der Waals surface area contributed by atoms with Crippen LogP contribution in [0.4, 0.5) is 5.69 Å². The molecule has 5 nitrogen and oxygen atoms in total. The average Bonchev–Trinajstić information content (AvgIpc) is 3.09. The number of aromatic nitrogens is 2. The Bertz CT molecular complexity index is 923. The molecule has 5 heteroatoms. The van der Waals surface area contributed by atoms with Gasteiger partial charge in [0.1, 0.15) is 5.65 Å². The number of benzene rings is 1. The lowest BCUT2D eigenvalue weighted by Crippen LogP contribution is -2.03. The van der Waals surface area contributed by atoms with Crippen LogP contribution in [-0.2, 0) is 11.3 Å². The van der Waals surface area contributed by atoms with Gasteiger partial charge in [-0.05, 0) is 35.9 Å². The van der Waals surface area contributed by atoms with Crippen molar-refractivity contribution in [3.8, 4) is 0 Å². The van der Waals surface area contributed by atoms with E-state index in [4.69, 9.17) is 5.73 Å². The summed E-state index contributed by atoms with van der Waals surface area (Å²) in [5.74, 6) is -0.0950. The van der Waals surface area contributed by atoms with Crippen LogP contribution < -0.4 is 11.1 Å². The second kappa shape index (κ2) is 4.82. The molecule has 0 atom stereocenters. The maximum atomic E-state index is 12.3. The molecule has 4 N–H and O–H groups in total. The Morgan fingerprint density at radius 3 is 3.05 bits per heavy atom. The highest BCUT2D eigenvalue weighted by Crippen LogP contribution is 2.34. The Hall–Kier alpha value is -2.92. The van der Waals surface area contributed by atoms with E-state index >= 15 is 0 Å². The number of amides is 1. The third kappa shape index (κ3) is 1.91. The third-order valence-corrected chi connectivity index (χ3v) is 3.89. The van der Waals surface area contributed by atoms with Gasteiger partial charge in [0.25, 0.3) is 5.91 Å². The highest BCUT2D eigenvalue weighted by molar-refractivity contribution is 6.35. The number of fused-ring (bicyclic) bond motifs is 2. The second-order valence-electron chi connectivity index (χ2n) is 5.24. The minimum atomic E-state index is -0.0950. The van der Waals surface area contributed by atoms with Gasteiger partial charge in [0.15, 0.2) is 0 Å². The Morgan fingerprint density at radius 1 is 1.27 bits per heavy atom. The molecule has 0 fully saturated rings. The molecule has 22 heavy (non-hydrogen) atoms. The van der Waals surface area contributed by atoms with Crippen molar-refractivity contribution < 1.29 is 4.79 Å². The van der Waals surface area contributed by atoms with E-state index in [9.17, 15) is 4.79 Å². The zero-order valence-electron chi connectivity index (χ0n) is 11.8. The summed E-state index contributed by atoms with van der Waals surface area (Å²) in [4.78, 5) is 19.6. The SMILES string of the molecule is NCc1ccc2c(c1)C(=Cc1c[nH]c3ncccc13)C(=O)N2. The molecule has 1 amide bonds. The van der Waals surface area contributed by atoms with E-state index in [1.54, 1.807) is 6.20 Å². The molecule has 3 aromatic rings. The van der Waals surface area contributed by atoms with Gasteiger partial charge in [0.2, 0.25) is 0 Å². The lowest BCUT2D eigenvalue weighted by molar-refractivity contribution is -0.110. The van der Waals surface area contributed by atoms with Crippen molar-refractivity contribution in [1.82, 2.24) is 9.97 Å². The smallest absolute Gasteiger partial charge is 0.256 e. The fourth-order valence-corrected chi connectivity index (χ4v) is 2.76. The van der Waals surface area contributed by atoms with Crippen molar-refractivity contribution in [1.29, 1.82) is 0 Å². The summed E-state index contributed by atoms with van der Waals surface area (Å²) in [7, 11) is 0. The topological polar surface area (TPSA) is 83.8 Å². The molecule has 108 valence electrons. The number of hydrogen-bond donors (Lipinski definition) is 3. The number of nitrogens with one attached hydrogen (secondary N) is 2. The van der Waals surface area contributed by atoms with Crippen LogP contribution in [0.3, 0.4) is 0 Å². The van der Waals surface area contributed by atoms with Gasteiger partial charge in [-0.2, -0.15) is 0 Å². The maximum Gasteiger partial charge on any atom is 0.256 e. The Labute approximate surface area is 126 Å². The van der Waals surface area contributed by atoms with E-state index in [0.29, 0.717) is 12.1 Å². The van der Waals surface area contributed by atoms with Gasteiger partial charge in [0, 0.05) is 46.7 Å². The molecule has 0 radical (unpaired) electrons. The summed E-state index contributed by atoms with van der Waals surface area (Å²) in [5, 5.41) is 3.88. The van der Waals surface area contributed by atoms with E-state index in [1.807, 2.05) is 42.6 Å². The standard InChI is InChI=1S/C17H14N4O/c18-8-10-3-4-15-13(6-10)14(17(22)21-15)7-11-9-20-16-12(11)2-1-5-19-16/h1-7,9H,8,18H2,(H,19,20)(H,21,22). The molecular formula is C17H14N4O. The summed E-state index contributed by atoms with van der Waals surface area (Å²) in [5.41, 5.74) is 10.8. The molecular weight excluding hydrogens is 276 g/mol. The number of carbonyl (C=O) groups is 1. The van der Waals surface area contributed by atoms with Crippen LogP contribution in [0.15, 0.2) is 42.7 Å². The number of anilines is 1. The van der Waals surface area contributed by atoms with E-state index in [2.05, 4.69) is 15.3 Å². The summed E-state index contributed by atoms with van der Waals surface area (Å²) in [6.45, 7) is 0.450. The fourth-order valence-electron chi connectivity index (χ4n) is 2.76. The average molecular weight is 290 g/mol. The molecule has 1 aliphatic rings. The number of nitrogens with zero attached hydrogens (tertiary/aromatic N) is 1. The third-order valence-electron chi connectivity index (χ3n) is 3.89. The summed E-state index contributed by atoms with van der Waals surface area (Å²) in [6.07, 6.45) is 5.49. The van der Waals surface area contributed by atoms with Gasteiger partial charge >= 0.3 is 0 Å². The lowest BCUT2D eigenvalue weighted by Gasteiger charge is -2.02. The quantitative estimate of drug-likeness (QED) is 0.634. The predicted octanol–water partition coefficient (Wildman–Crippen LogP) is 2.51. The highest BCUT2D eigenvalue weighted by atomic mass is 16.2. The number of aromatic amines is 1. The molecule has 0 saturated heterocycles. The molecule has 0 unspecified atom stereocenters. The molecule has 2 aromatic heterocycles. The van der Waals surface area contributed by atoms with Crippen LogP contribution in [-0.4, -0.2) is 15.9 Å². The van der Waals surface area contributed by atoms with Gasteiger partial charge in [-0.25, -0.2) is 4.98 Å². The Balaban J connectivity index is 1.88. The van der Waals surface area contributed by atoms with Gasteiger partial charge < -0.3 is 16.0 Å². The minimum Gasteiger partial charge on any atom is -0.346 e. The highest BCUT2D eigenvalue weighted by Gasteiger charge is 2.24. The van der Waals surface area contributed by atoms with Crippen molar-refractivity contribution in [3.05, 3.63) is 59.4 Å². The van der Waals surface area contributed by atoms with E-state index in [1.165, 1.54) is 0 Å². The first-order chi connectivity index (χ1) is 10.8. The van der Waals surface area contributed by atoms with Gasteiger partial charge in [-0.15, -0.1) is 0 Å². The monoisotopic (exact) mass is 290 g/mol. The number of H-pyrrole nitrogens is 1. The zero-order valence-corrected chi connectivity index (χ0v) is 11.8. The maximum absolute atomic E-state index is 12.3. The number of nitrogens with two attached hydrogens (primary N) is 1. The van der Waals surface area contributed by atoms with Crippen LogP contribution in [0.1, 0.15) is 16.7 Å². The van der Waals surface area contributed by atoms with E-state index in [-0.39, 0.29) is 5.91 Å². The first-order valence-corrected chi connectivity index (χ1v) is 7.05. The number of rotatable bonds is 2. The molecule has 0 aliphatic carbocycles.